The van der Waals surface area contributed by atoms with E-state index in [1.165, 1.54) is 4.90 Å². The number of carbonyl (C=O) groups excluding carboxylic acids is 1. The average molecular weight is 519 g/mol. The molecule has 7 heteroatoms. The number of hydrogen-bond acceptors (Lipinski definition) is 6. The Morgan fingerprint density at radius 2 is 1.69 bits per heavy atom. The van der Waals surface area contributed by atoms with Gasteiger partial charge in [-0.25, -0.2) is 4.98 Å². The van der Waals surface area contributed by atoms with Gasteiger partial charge in [0.15, 0.2) is 16.9 Å². The van der Waals surface area contributed by atoms with Crippen LogP contribution >= 0.6 is 0 Å². The Hall–Kier alpha value is -4.91. The number of anilines is 1. The van der Waals surface area contributed by atoms with Crippen LogP contribution in [0.15, 0.2) is 94.3 Å². The summed E-state index contributed by atoms with van der Waals surface area (Å²) in [6.07, 6.45) is 1.65. The number of carbonyl (C=O) groups is 1. The number of aromatic nitrogens is 1. The highest BCUT2D eigenvalue weighted by Crippen LogP contribution is 2.43. The van der Waals surface area contributed by atoms with E-state index in [0.29, 0.717) is 40.5 Å². The summed E-state index contributed by atoms with van der Waals surface area (Å²) in [4.78, 5) is 33.7. The average Bonchev–Trinajstić information content (AvgIpc) is 3.25. The van der Waals surface area contributed by atoms with Crippen LogP contribution in [0.25, 0.3) is 11.0 Å². The molecule has 1 aliphatic rings. The van der Waals surface area contributed by atoms with Gasteiger partial charge in [0.25, 0.3) is 5.91 Å². The van der Waals surface area contributed by atoms with Gasteiger partial charge in [0, 0.05) is 6.20 Å². The van der Waals surface area contributed by atoms with Gasteiger partial charge in [0.1, 0.15) is 18.0 Å². The van der Waals surface area contributed by atoms with Crippen molar-refractivity contribution in [3.05, 3.63) is 129 Å². The zero-order valence-electron chi connectivity index (χ0n) is 21.8. The minimum Gasteiger partial charge on any atom is -0.493 e. The summed E-state index contributed by atoms with van der Waals surface area (Å²) in [5.74, 6) is 1.07. The summed E-state index contributed by atoms with van der Waals surface area (Å²) in [6, 6.07) is 23.6. The van der Waals surface area contributed by atoms with Crippen molar-refractivity contribution in [2.24, 2.45) is 0 Å². The first-order chi connectivity index (χ1) is 18.9. The number of ether oxygens (including phenoxy) is 2. The molecule has 1 amide bonds. The van der Waals surface area contributed by atoms with E-state index in [2.05, 4.69) is 4.98 Å². The molecule has 0 spiro atoms. The Kier molecular flexibility index (Phi) is 6.11. The second kappa shape index (κ2) is 9.76. The highest BCUT2D eigenvalue weighted by molar-refractivity contribution is 6.10. The lowest BCUT2D eigenvalue weighted by Gasteiger charge is -2.25. The van der Waals surface area contributed by atoms with Crippen LogP contribution in [-0.4, -0.2) is 18.0 Å². The fourth-order valence-electron chi connectivity index (χ4n) is 5.00. The zero-order valence-corrected chi connectivity index (χ0v) is 21.8. The molecule has 0 aliphatic carbocycles. The lowest BCUT2D eigenvalue weighted by atomic mass is 9.97. The van der Waals surface area contributed by atoms with Gasteiger partial charge in [-0.3, -0.25) is 14.5 Å². The monoisotopic (exact) mass is 518 g/mol. The molecule has 0 N–H and O–H groups in total. The molecule has 1 aliphatic heterocycles. The Morgan fingerprint density at radius 1 is 0.897 bits per heavy atom. The molecule has 3 aromatic carbocycles. The molecule has 6 rings (SSSR count). The Morgan fingerprint density at radius 3 is 2.46 bits per heavy atom. The van der Waals surface area contributed by atoms with Crippen LogP contribution in [-0.2, 0) is 6.61 Å². The summed E-state index contributed by atoms with van der Waals surface area (Å²) in [6.45, 7) is 4.21. The molecule has 0 saturated carbocycles. The van der Waals surface area contributed by atoms with Crippen molar-refractivity contribution < 1.29 is 18.7 Å². The standard InChI is InChI=1S/C32H26N2O5/c1-19-9-11-24-23(15-19)30(35)28-29(34(32(36)31(28)39-24)27-16-20(2)13-14-33-27)22-10-12-25(26(17-22)37-3)38-18-21-7-5-4-6-8-21/h4-17,29H,18H2,1-3H3. The van der Waals surface area contributed by atoms with Crippen molar-refractivity contribution in [2.45, 2.75) is 26.5 Å². The second-order valence-corrected chi connectivity index (χ2v) is 9.63. The predicted molar refractivity (Wildman–Crippen MR) is 149 cm³/mol. The van der Waals surface area contributed by atoms with Crippen molar-refractivity contribution in [3.8, 4) is 11.5 Å². The molecule has 39 heavy (non-hydrogen) atoms. The molecule has 7 nitrogen and oxygen atoms in total. The lowest BCUT2D eigenvalue weighted by Crippen LogP contribution is -2.30. The summed E-state index contributed by atoms with van der Waals surface area (Å²) in [7, 11) is 1.56. The van der Waals surface area contributed by atoms with E-state index in [-0.39, 0.29) is 16.8 Å². The first-order valence-corrected chi connectivity index (χ1v) is 12.6. The molecule has 1 unspecified atom stereocenters. The maximum absolute atomic E-state index is 13.9. The van der Waals surface area contributed by atoms with E-state index in [1.54, 1.807) is 37.6 Å². The van der Waals surface area contributed by atoms with E-state index in [1.807, 2.05) is 68.4 Å². The molecule has 5 aromatic rings. The first-order valence-electron chi connectivity index (χ1n) is 12.6. The number of aryl methyl sites for hydroxylation is 2. The van der Waals surface area contributed by atoms with E-state index < -0.39 is 11.9 Å². The van der Waals surface area contributed by atoms with Gasteiger partial charge in [-0.05, 0) is 66.9 Å². The third-order valence-electron chi connectivity index (χ3n) is 6.91. The van der Waals surface area contributed by atoms with Crippen LogP contribution in [0.1, 0.15) is 44.4 Å². The van der Waals surface area contributed by atoms with Crippen LogP contribution in [0.5, 0.6) is 11.5 Å². The number of nitrogens with zero attached hydrogens (tertiary/aromatic N) is 2. The van der Waals surface area contributed by atoms with E-state index in [4.69, 9.17) is 13.9 Å². The molecule has 1 atom stereocenters. The zero-order chi connectivity index (χ0) is 27.1. The SMILES string of the molecule is COc1cc(C2c3c(oc4ccc(C)cc4c3=O)C(=O)N2c2cc(C)ccn2)ccc1OCc1ccccc1. The summed E-state index contributed by atoms with van der Waals surface area (Å²) < 4.78 is 17.8. The maximum Gasteiger partial charge on any atom is 0.296 e. The van der Waals surface area contributed by atoms with Crippen LogP contribution in [0.3, 0.4) is 0 Å². The highest BCUT2D eigenvalue weighted by Gasteiger charge is 2.44. The minimum atomic E-state index is -0.764. The van der Waals surface area contributed by atoms with Crippen molar-refractivity contribution in [3.63, 3.8) is 0 Å². The topological polar surface area (TPSA) is 81.9 Å². The fraction of sp³-hybridized carbons (Fsp3) is 0.156. The molecule has 0 radical (unpaired) electrons. The third kappa shape index (κ3) is 4.32. The molecular formula is C32H26N2O5. The maximum atomic E-state index is 13.9. The number of pyridine rings is 1. The molecule has 3 heterocycles. The quantitative estimate of drug-likeness (QED) is 0.269. The Labute approximate surface area is 225 Å². The normalized spacial score (nSPS) is 14.5. The summed E-state index contributed by atoms with van der Waals surface area (Å²) in [5, 5.41) is 0.431. The smallest absolute Gasteiger partial charge is 0.296 e. The van der Waals surface area contributed by atoms with Crippen molar-refractivity contribution in [2.75, 3.05) is 12.0 Å². The number of benzene rings is 3. The number of rotatable bonds is 6. The van der Waals surface area contributed by atoms with Gasteiger partial charge < -0.3 is 13.9 Å². The number of methoxy groups -OCH3 is 1. The molecule has 0 fully saturated rings. The van der Waals surface area contributed by atoms with Gasteiger partial charge >= 0.3 is 0 Å². The second-order valence-electron chi connectivity index (χ2n) is 9.63. The molecule has 194 valence electrons. The van der Waals surface area contributed by atoms with E-state index in [0.717, 1.165) is 16.7 Å². The van der Waals surface area contributed by atoms with Crippen LogP contribution in [0.2, 0.25) is 0 Å². The molecular weight excluding hydrogens is 492 g/mol. The molecule has 0 bridgehead atoms. The predicted octanol–water partition coefficient (Wildman–Crippen LogP) is 6.14. The van der Waals surface area contributed by atoms with Crippen LogP contribution < -0.4 is 19.8 Å². The number of fused-ring (bicyclic) bond motifs is 2. The van der Waals surface area contributed by atoms with Crippen LogP contribution in [0.4, 0.5) is 5.82 Å². The molecule has 0 saturated heterocycles. The van der Waals surface area contributed by atoms with E-state index in [9.17, 15) is 9.59 Å². The van der Waals surface area contributed by atoms with Crippen molar-refractivity contribution >= 4 is 22.7 Å². The van der Waals surface area contributed by atoms with Crippen molar-refractivity contribution in [1.82, 2.24) is 4.98 Å². The van der Waals surface area contributed by atoms with Gasteiger partial charge in [-0.1, -0.05) is 48.0 Å². The molecule has 2 aromatic heterocycles. The van der Waals surface area contributed by atoms with Gasteiger partial charge in [-0.15, -0.1) is 0 Å². The summed E-state index contributed by atoms with van der Waals surface area (Å²) in [5.41, 5.74) is 3.97. The van der Waals surface area contributed by atoms with Gasteiger partial charge in [0.05, 0.1) is 24.1 Å². The number of amides is 1. The Balaban J connectivity index is 1.50. The van der Waals surface area contributed by atoms with E-state index >= 15 is 0 Å². The fourth-order valence-corrected chi connectivity index (χ4v) is 5.00. The van der Waals surface area contributed by atoms with Crippen LogP contribution in [0, 0.1) is 13.8 Å². The van der Waals surface area contributed by atoms with Crippen molar-refractivity contribution in [1.29, 1.82) is 0 Å². The van der Waals surface area contributed by atoms with Gasteiger partial charge in [0.2, 0.25) is 5.76 Å². The lowest BCUT2D eigenvalue weighted by molar-refractivity contribution is 0.0970. The first kappa shape index (κ1) is 24.4. The van der Waals surface area contributed by atoms with Gasteiger partial charge in [-0.2, -0.15) is 0 Å². The number of hydrogen-bond donors (Lipinski definition) is 0. The third-order valence-corrected chi connectivity index (χ3v) is 6.91. The highest BCUT2D eigenvalue weighted by atomic mass is 16.5. The summed E-state index contributed by atoms with van der Waals surface area (Å²) >= 11 is 0. The minimum absolute atomic E-state index is 0.0213. The Bertz CT molecular complexity index is 1780. The largest absolute Gasteiger partial charge is 0.493 e.